The number of nitrogens with zero attached hydrogens (tertiary/aromatic N) is 1. The van der Waals surface area contributed by atoms with E-state index < -0.39 is 5.82 Å². The Hall–Kier alpha value is -1.42. The summed E-state index contributed by atoms with van der Waals surface area (Å²) in [7, 11) is 0. The Labute approximate surface area is 113 Å². The standard InChI is InChI=1S/C15H20FNO2/c1-9-6-17(7-10(9)2)8-12-4-13(16)5-14(11(3)18)15(12)19/h4-5,9-10,19H,6-8H2,1-3H3. The molecule has 104 valence electrons. The molecule has 1 aliphatic rings. The number of benzene rings is 1. The molecule has 4 heteroatoms. The third-order valence-corrected chi connectivity index (χ3v) is 3.99. The maximum atomic E-state index is 13.5. The number of likely N-dealkylation sites (tertiary alicyclic amines) is 1. The van der Waals surface area contributed by atoms with Crippen molar-refractivity contribution in [1.29, 1.82) is 0 Å². The van der Waals surface area contributed by atoms with Crippen LogP contribution in [0.2, 0.25) is 0 Å². The number of phenols is 1. The molecule has 2 unspecified atom stereocenters. The topological polar surface area (TPSA) is 40.5 Å². The van der Waals surface area contributed by atoms with Gasteiger partial charge >= 0.3 is 0 Å². The lowest BCUT2D eigenvalue weighted by Gasteiger charge is -2.17. The number of rotatable bonds is 3. The van der Waals surface area contributed by atoms with E-state index in [1.807, 2.05) is 0 Å². The minimum absolute atomic E-state index is 0.0651. The molecule has 0 spiro atoms. The fourth-order valence-electron chi connectivity index (χ4n) is 2.66. The molecule has 1 aromatic carbocycles. The number of hydrogen-bond acceptors (Lipinski definition) is 3. The van der Waals surface area contributed by atoms with E-state index in [0.29, 0.717) is 23.9 Å². The third kappa shape index (κ3) is 2.95. The highest BCUT2D eigenvalue weighted by Gasteiger charge is 2.27. The van der Waals surface area contributed by atoms with Crippen LogP contribution in [0.15, 0.2) is 12.1 Å². The number of ketones is 1. The van der Waals surface area contributed by atoms with Crippen LogP contribution in [0, 0.1) is 17.7 Å². The molecule has 0 bridgehead atoms. The Morgan fingerprint density at radius 1 is 1.37 bits per heavy atom. The highest BCUT2D eigenvalue weighted by atomic mass is 19.1. The van der Waals surface area contributed by atoms with E-state index >= 15 is 0 Å². The summed E-state index contributed by atoms with van der Waals surface area (Å²) in [6.07, 6.45) is 0. The van der Waals surface area contributed by atoms with Crippen LogP contribution in [0.1, 0.15) is 36.7 Å². The molecule has 2 atom stereocenters. The number of carbonyl (C=O) groups is 1. The zero-order chi connectivity index (χ0) is 14.2. The van der Waals surface area contributed by atoms with E-state index in [1.54, 1.807) is 0 Å². The first-order valence-corrected chi connectivity index (χ1v) is 6.63. The molecule has 0 saturated carbocycles. The summed E-state index contributed by atoms with van der Waals surface area (Å²) in [5.41, 5.74) is 0.557. The van der Waals surface area contributed by atoms with Crippen LogP contribution in [0.4, 0.5) is 4.39 Å². The summed E-state index contributed by atoms with van der Waals surface area (Å²) in [4.78, 5) is 13.6. The molecule has 0 aliphatic carbocycles. The quantitative estimate of drug-likeness (QED) is 0.854. The first-order valence-electron chi connectivity index (χ1n) is 6.63. The molecule has 0 aromatic heterocycles. The lowest BCUT2D eigenvalue weighted by molar-refractivity contribution is 0.101. The molecule has 19 heavy (non-hydrogen) atoms. The minimum atomic E-state index is -0.474. The van der Waals surface area contributed by atoms with Crippen LogP contribution in [0.25, 0.3) is 0 Å². The van der Waals surface area contributed by atoms with Crippen molar-refractivity contribution >= 4 is 5.78 Å². The maximum Gasteiger partial charge on any atom is 0.163 e. The van der Waals surface area contributed by atoms with E-state index in [2.05, 4.69) is 18.7 Å². The highest BCUT2D eigenvalue weighted by molar-refractivity contribution is 5.97. The maximum absolute atomic E-state index is 13.5. The number of hydrogen-bond donors (Lipinski definition) is 1. The van der Waals surface area contributed by atoms with Crippen molar-refractivity contribution < 1.29 is 14.3 Å². The Bertz CT molecular complexity index is 491. The van der Waals surface area contributed by atoms with Crippen molar-refractivity contribution in [3.8, 4) is 5.75 Å². The molecule has 1 fully saturated rings. The monoisotopic (exact) mass is 265 g/mol. The smallest absolute Gasteiger partial charge is 0.163 e. The van der Waals surface area contributed by atoms with Gasteiger partial charge in [-0.05, 0) is 30.9 Å². The van der Waals surface area contributed by atoms with Gasteiger partial charge in [-0.25, -0.2) is 4.39 Å². The molecule has 1 heterocycles. The second kappa shape index (κ2) is 5.29. The van der Waals surface area contributed by atoms with Crippen LogP contribution in [-0.4, -0.2) is 28.9 Å². The summed E-state index contributed by atoms with van der Waals surface area (Å²) in [6, 6.07) is 2.41. The minimum Gasteiger partial charge on any atom is -0.507 e. The van der Waals surface area contributed by atoms with E-state index in [-0.39, 0.29) is 17.1 Å². The first-order chi connectivity index (χ1) is 8.88. The summed E-state index contributed by atoms with van der Waals surface area (Å²) in [5.74, 6) is 0.326. The lowest BCUT2D eigenvalue weighted by atomic mass is 10.0. The Balaban J connectivity index is 2.23. The summed E-state index contributed by atoms with van der Waals surface area (Å²) in [5, 5.41) is 10.1. The third-order valence-electron chi connectivity index (χ3n) is 3.99. The van der Waals surface area contributed by atoms with Crippen LogP contribution in [0.5, 0.6) is 5.75 Å². The number of phenolic OH excluding ortho intramolecular Hbond substituents is 1. The van der Waals surface area contributed by atoms with Gasteiger partial charge in [0.15, 0.2) is 5.78 Å². The van der Waals surface area contributed by atoms with Gasteiger partial charge in [0.2, 0.25) is 0 Å². The molecule has 0 radical (unpaired) electrons. The summed E-state index contributed by atoms with van der Waals surface area (Å²) >= 11 is 0. The molecule has 1 aliphatic heterocycles. The van der Waals surface area contributed by atoms with Crippen molar-refractivity contribution in [2.45, 2.75) is 27.3 Å². The van der Waals surface area contributed by atoms with E-state index in [9.17, 15) is 14.3 Å². The average Bonchev–Trinajstić information content (AvgIpc) is 2.62. The van der Waals surface area contributed by atoms with Crippen LogP contribution in [0.3, 0.4) is 0 Å². The van der Waals surface area contributed by atoms with Gasteiger partial charge in [0.05, 0.1) is 5.56 Å². The van der Waals surface area contributed by atoms with Gasteiger partial charge in [-0.1, -0.05) is 13.8 Å². The van der Waals surface area contributed by atoms with Crippen molar-refractivity contribution in [2.24, 2.45) is 11.8 Å². The Kier molecular flexibility index (Phi) is 3.90. The van der Waals surface area contributed by atoms with Gasteiger partial charge in [-0.15, -0.1) is 0 Å². The Morgan fingerprint density at radius 2 is 1.95 bits per heavy atom. The van der Waals surface area contributed by atoms with E-state index in [1.165, 1.54) is 13.0 Å². The first kappa shape index (κ1) is 14.0. The number of halogens is 1. The predicted octanol–water partition coefficient (Wildman–Crippen LogP) is 2.82. The predicted molar refractivity (Wildman–Crippen MR) is 71.7 cm³/mol. The number of aromatic hydroxyl groups is 1. The van der Waals surface area contributed by atoms with Crippen LogP contribution < -0.4 is 0 Å². The summed E-state index contributed by atoms with van der Waals surface area (Å²) in [6.45, 7) is 8.07. The summed E-state index contributed by atoms with van der Waals surface area (Å²) < 4.78 is 13.5. The zero-order valence-corrected chi connectivity index (χ0v) is 11.6. The van der Waals surface area contributed by atoms with Crippen LogP contribution >= 0.6 is 0 Å². The van der Waals surface area contributed by atoms with Gasteiger partial charge in [0.1, 0.15) is 11.6 Å². The van der Waals surface area contributed by atoms with Crippen molar-refractivity contribution in [3.63, 3.8) is 0 Å². The van der Waals surface area contributed by atoms with Crippen molar-refractivity contribution in [3.05, 3.63) is 29.1 Å². The van der Waals surface area contributed by atoms with E-state index in [4.69, 9.17) is 0 Å². The van der Waals surface area contributed by atoms with Gasteiger partial charge < -0.3 is 5.11 Å². The molecule has 2 rings (SSSR count). The number of Topliss-reactive ketones (excluding diaryl/α,β-unsaturated/α-hetero) is 1. The van der Waals surface area contributed by atoms with Crippen LogP contribution in [-0.2, 0) is 6.54 Å². The van der Waals surface area contributed by atoms with Gasteiger partial charge in [0, 0.05) is 25.2 Å². The highest BCUT2D eigenvalue weighted by Crippen LogP contribution is 2.29. The largest absolute Gasteiger partial charge is 0.507 e. The molecular weight excluding hydrogens is 245 g/mol. The SMILES string of the molecule is CC(=O)c1cc(F)cc(CN2CC(C)C(C)C2)c1O. The van der Waals surface area contributed by atoms with E-state index in [0.717, 1.165) is 19.2 Å². The Morgan fingerprint density at radius 3 is 2.47 bits per heavy atom. The molecular formula is C15H20FNO2. The van der Waals surface area contributed by atoms with Crippen molar-refractivity contribution in [2.75, 3.05) is 13.1 Å². The fourth-order valence-corrected chi connectivity index (χ4v) is 2.66. The average molecular weight is 265 g/mol. The van der Waals surface area contributed by atoms with Gasteiger partial charge in [-0.2, -0.15) is 0 Å². The fraction of sp³-hybridized carbons (Fsp3) is 0.533. The molecule has 0 amide bonds. The zero-order valence-electron chi connectivity index (χ0n) is 11.6. The molecule has 1 aromatic rings. The second-order valence-corrected chi connectivity index (χ2v) is 5.67. The van der Waals surface area contributed by atoms with Gasteiger partial charge in [0.25, 0.3) is 0 Å². The lowest BCUT2D eigenvalue weighted by Crippen LogP contribution is -2.20. The molecule has 1 saturated heterocycles. The second-order valence-electron chi connectivity index (χ2n) is 5.67. The molecule has 3 nitrogen and oxygen atoms in total. The van der Waals surface area contributed by atoms with Gasteiger partial charge in [-0.3, -0.25) is 9.69 Å². The molecule has 1 N–H and O–H groups in total. The number of carbonyl (C=O) groups excluding carboxylic acids is 1. The normalized spacial score (nSPS) is 23.8. The van der Waals surface area contributed by atoms with Crippen molar-refractivity contribution in [1.82, 2.24) is 4.90 Å².